The van der Waals surface area contributed by atoms with Gasteiger partial charge in [-0.1, -0.05) is 12.1 Å². The maximum Gasteiger partial charge on any atom is 0.338 e. The highest BCUT2D eigenvalue weighted by molar-refractivity contribution is 5.95. The highest BCUT2D eigenvalue weighted by atomic mass is 16.5. The zero-order valence-corrected chi connectivity index (χ0v) is 16.2. The van der Waals surface area contributed by atoms with Crippen molar-refractivity contribution >= 4 is 17.6 Å². The zero-order valence-electron chi connectivity index (χ0n) is 16.2. The number of fused-ring (bicyclic) bond motifs is 1. The molecule has 2 aromatic carbocycles. The van der Waals surface area contributed by atoms with Crippen LogP contribution in [0.4, 0.5) is 5.69 Å². The summed E-state index contributed by atoms with van der Waals surface area (Å²) >= 11 is 0. The molecule has 1 N–H and O–H groups in total. The van der Waals surface area contributed by atoms with Crippen LogP contribution in [0.1, 0.15) is 22.3 Å². The number of rotatable bonds is 6. The molecule has 3 aromatic rings. The maximum atomic E-state index is 12.2. The van der Waals surface area contributed by atoms with E-state index in [4.69, 9.17) is 14.2 Å². The molecule has 0 radical (unpaired) electrons. The second-order valence-electron chi connectivity index (χ2n) is 6.74. The second kappa shape index (κ2) is 9.13. The lowest BCUT2D eigenvalue weighted by Crippen LogP contribution is -2.21. The van der Waals surface area contributed by atoms with E-state index in [2.05, 4.69) is 10.4 Å². The van der Waals surface area contributed by atoms with Crippen molar-refractivity contribution in [3.63, 3.8) is 0 Å². The molecule has 8 heteroatoms. The Morgan fingerprint density at radius 3 is 2.63 bits per heavy atom. The van der Waals surface area contributed by atoms with Gasteiger partial charge in [-0.05, 0) is 35.9 Å². The van der Waals surface area contributed by atoms with Crippen LogP contribution in [0.2, 0.25) is 0 Å². The number of anilines is 1. The monoisotopic (exact) mass is 407 g/mol. The Morgan fingerprint density at radius 2 is 1.87 bits per heavy atom. The van der Waals surface area contributed by atoms with E-state index in [0.717, 1.165) is 12.0 Å². The van der Waals surface area contributed by atoms with Gasteiger partial charge in [0.15, 0.2) is 18.1 Å². The first-order valence-corrected chi connectivity index (χ1v) is 9.60. The standard InChI is InChI=1S/C22H21N3O5/c26-21(24-18-7-8-19-20(13-18)29-12-2-11-28-19)15-30-22(27)17-5-3-16(4-6-17)14-25-10-1-9-23-25/h1,3-10,13H,2,11-12,14-15H2,(H,24,26). The molecule has 1 amide bonds. The molecule has 1 aliphatic rings. The number of ether oxygens (including phenoxy) is 3. The van der Waals surface area contributed by atoms with Gasteiger partial charge in [0.25, 0.3) is 5.91 Å². The van der Waals surface area contributed by atoms with Crippen molar-refractivity contribution in [1.29, 1.82) is 0 Å². The van der Waals surface area contributed by atoms with E-state index >= 15 is 0 Å². The summed E-state index contributed by atoms with van der Waals surface area (Å²) < 4.78 is 18.1. The van der Waals surface area contributed by atoms with Gasteiger partial charge in [-0.2, -0.15) is 5.10 Å². The van der Waals surface area contributed by atoms with Crippen molar-refractivity contribution in [1.82, 2.24) is 9.78 Å². The number of amides is 1. The fraction of sp³-hybridized carbons (Fsp3) is 0.227. The minimum absolute atomic E-state index is 0.377. The Morgan fingerprint density at radius 1 is 1.07 bits per heavy atom. The van der Waals surface area contributed by atoms with Gasteiger partial charge < -0.3 is 19.5 Å². The van der Waals surface area contributed by atoms with Crippen molar-refractivity contribution in [3.8, 4) is 11.5 Å². The molecule has 1 aliphatic heterocycles. The van der Waals surface area contributed by atoms with Crippen LogP contribution in [0.3, 0.4) is 0 Å². The number of esters is 1. The molecule has 8 nitrogen and oxygen atoms in total. The molecule has 0 spiro atoms. The Kier molecular flexibility index (Phi) is 5.93. The van der Waals surface area contributed by atoms with Crippen LogP contribution in [0, 0.1) is 0 Å². The summed E-state index contributed by atoms with van der Waals surface area (Å²) in [5, 5.41) is 6.84. The topological polar surface area (TPSA) is 91.7 Å². The molecular formula is C22H21N3O5. The van der Waals surface area contributed by atoms with Gasteiger partial charge in [-0.3, -0.25) is 9.48 Å². The van der Waals surface area contributed by atoms with Crippen molar-refractivity contribution in [2.45, 2.75) is 13.0 Å². The maximum absolute atomic E-state index is 12.2. The quantitative estimate of drug-likeness (QED) is 0.632. The van der Waals surface area contributed by atoms with Gasteiger partial charge in [0.1, 0.15) is 0 Å². The SMILES string of the molecule is O=C(COC(=O)c1ccc(Cn2cccn2)cc1)Nc1ccc2c(c1)OCCCO2. The first-order valence-electron chi connectivity index (χ1n) is 9.60. The lowest BCUT2D eigenvalue weighted by atomic mass is 10.1. The number of benzene rings is 2. The average molecular weight is 407 g/mol. The van der Waals surface area contributed by atoms with E-state index < -0.39 is 11.9 Å². The Bertz CT molecular complexity index is 1020. The third-order valence-corrected chi connectivity index (χ3v) is 4.46. The molecule has 0 atom stereocenters. The molecule has 30 heavy (non-hydrogen) atoms. The van der Waals surface area contributed by atoms with E-state index in [1.807, 2.05) is 24.4 Å². The van der Waals surface area contributed by atoms with E-state index in [9.17, 15) is 9.59 Å². The van der Waals surface area contributed by atoms with Crippen LogP contribution in [0.5, 0.6) is 11.5 Å². The highest BCUT2D eigenvalue weighted by Gasteiger charge is 2.14. The van der Waals surface area contributed by atoms with Crippen molar-refractivity contribution < 1.29 is 23.8 Å². The third kappa shape index (κ3) is 4.96. The number of nitrogens with zero attached hydrogens (tertiary/aromatic N) is 2. The smallest absolute Gasteiger partial charge is 0.338 e. The largest absolute Gasteiger partial charge is 0.490 e. The Hall–Kier alpha value is -3.81. The summed E-state index contributed by atoms with van der Waals surface area (Å²) in [4.78, 5) is 24.3. The van der Waals surface area contributed by atoms with Crippen molar-refractivity contribution in [2.75, 3.05) is 25.1 Å². The van der Waals surface area contributed by atoms with Crippen LogP contribution < -0.4 is 14.8 Å². The Balaban J connectivity index is 1.28. The van der Waals surface area contributed by atoms with Gasteiger partial charge in [0.05, 0.1) is 25.3 Å². The van der Waals surface area contributed by atoms with Gasteiger partial charge in [-0.15, -0.1) is 0 Å². The summed E-state index contributed by atoms with van der Waals surface area (Å²) in [6.45, 7) is 1.38. The average Bonchev–Trinajstić information content (AvgIpc) is 3.15. The second-order valence-corrected chi connectivity index (χ2v) is 6.74. The normalized spacial score (nSPS) is 12.7. The molecule has 154 valence electrons. The van der Waals surface area contributed by atoms with Crippen LogP contribution >= 0.6 is 0 Å². The van der Waals surface area contributed by atoms with Crippen LogP contribution in [-0.4, -0.2) is 41.5 Å². The number of hydrogen-bond donors (Lipinski definition) is 1. The van der Waals surface area contributed by atoms with Crippen LogP contribution in [-0.2, 0) is 16.1 Å². The van der Waals surface area contributed by atoms with Crippen LogP contribution in [0.15, 0.2) is 60.9 Å². The summed E-state index contributed by atoms with van der Waals surface area (Å²) in [5.41, 5.74) is 1.92. The molecule has 2 heterocycles. The van der Waals surface area contributed by atoms with Gasteiger partial charge >= 0.3 is 5.97 Å². The molecule has 1 aromatic heterocycles. The predicted octanol–water partition coefficient (Wildman–Crippen LogP) is 2.89. The minimum atomic E-state index is -0.561. The Labute approximate surface area is 173 Å². The van der Waals surface area contributed by atoms with Gasteiger partial charge in [0.2, 0.25) is 0 Å². The van der Waals surface area contributed by atoms with Crippen LogP contribution in [0.25, 0.3) is 0 Å². The van der Waals surface area contributed by atoms with Gasteiger partial charge in [-0.25, -0.2) is 4.79 Å². The van der Waals surface area contributed by atoms with E-state index in [1.165, 1.54) is 0 Å². The summed E-state index contributed by atoms with van der Waals surface area (Å²) in [6, 6.07) is 14.0. The fourth-order valence-corrected chi connectivity index (χ4v) is 2.98. The molecule has 0 saturated heterocycles. The molecule has 0 unspecified atom stereocenters. The number of nitrogens with one attached hydrogen (secondary N) is 1. The summed E-state index contributed by atoms with van der Waals surface area (Å²) in [7, 11) is 0. The van der Waals surface area contributed by atoms with Gasteiger partial charge in [0, 0.05) is 30.6 Å². The van der Waals surface area contributed by atoms with E-state index in [0.29, 0.717) is 42.5 Å². The fourth-order valence-electron chi connectivity index (χ4n) is 2.98. The van der Waals surface area contributed by atoms with Crippen molar-refractivity contribution in [3.05, 3.63) is 72.1 Å². The van der Waals surface area contributed by atoms with E-state index in [1.54, 1.807) is 41.2 Å². The number of hydrogen-bond acceptors (Lipinski definition) is 6. The number of carbonyl (C=O) groups is 2. The van der Waals surface area contributed by atoms with E-state index in [-0.39, 0.29) is 6.61 Å². The number of aromatic nitrogens is 2. The molecular weight excluding hydrogens is 386 g/mol. The lowest BCUT2D eigenvalue weighted by Gasteiger charge is -2.11. The molecule has 0 aliphatic carbocycles. The number of carbonyl (C=O) groups excluding carboxylic acids is 2. The molecule has 0 bridgehead atoms. The summed E-state index contributed by atoms with van der Waals surface area (Å²) in [5.74, 6) is 0.230. The highest BCUT2D eigenvalue weighted by Crippen LogP contribution is 2.32. The molecule has 0 fully saturated rings. The third-order valence-electron chi connectivity index (χ3n) is 4.46. The lowest BCUT2D eigenvalue weighted by molar-refractivity contribution is -0.119. The summed E-state index contributed by atoms with van der Waals surface area (Å²) in [6.07, 6.45) is 4.38. The first-order chi connectivity index (χ1) is 14.7. The molecule has 0 saturated carbocycles. The first kappa shape index (κ1) is 19.5. The minimum Gasteiger partial charge on any atom is -0.490 e. The predicted molar refractivity (Wildman–Crippen MR) is 109 cm³/mol. The zero-order chi connectivity index (χ0) is 20.8. The molecule has 4 rings (SSSR count). The van der Waals surface area contributed by atoms with Crippen molar-refractivity contribution in [2.24, 2.45) is 0 Å².